The number of fused-ring (bicyclic) bond motifs is 4. The van der Waals surface area contributed by atoms with E-state index in [9.17, 15) is 14.7 Å². The molecule has 2 aromatic heterocycles. The molecule has 9 nitrogen and oxygen atoms in total. The topological polar surface area (TPSA) is 104 Å². The summed E-state index contributed by atoms with van der Waals surface area (Å²) in [5, 5.41) is 13.6. The lowest BCUT2D eigenvalue weighted by molar-refractivity contribution is -0.127. The van der Waals surface area contributed by atoms with Gasteiger partial charge in [0.15, 0.2) is 6.39 Å². The van der Waals surface area contributed by atoms with E-state index in [0.29, 0.717) is 19.6 Å². The van der Waals surface area contributed by atoms with Crippen LogP contribution in [0.4, 0.5) is 0 Å². The number of aliphatic hydroxyl groups excluding tert-OH is 1. The summed E-state index contributed by atoms with van der Waals surface area (Å²) in [6.07, 6.45) is 10.3. The highest BCUT2D eigenvalue weighted by Gasteiger charge is 2.55. The van der Waals surface area contributed by atoms with Crippen molar-refractivity contribution in [2.75, 3.05) is 33.8 Å². The third kappa shape index (κ3) is 4.67. The third-order valence-corrected chi connectivity index (χ3v) is 8.02. The van der Waals surface area contributed by atoms with Crippen LogP contribution in [0.25, 0.3) is 5.57 Å². The van der Waals surface area contributed by atoms with Crippen molar-refractivity contribution in [3.63, 3.8) is 0 Å². The smallest absolute Gasteiger partial charge is 0.258 e. The minimum atomic E-state index is -0.459. The molecular weight excluding hydrogens is 458 g/mol. The number of nitrogens with one attached hydrogen (secondary N) is 1. The molecule has 4 atom stereocenters. The Hall–Kier alpha value is -2.75. The maximum Gasteiger partial charge on any atom is 0.258 e. The van der Waals surface area contributed by atoms with E-state index in [1.165, 1.54) is 12.8 Å². The zero-order valence-electron chi connectivity index (χ0n) is 21.2. The molecule has 0 saturated carbocycles. The SMILES string of the molecule is CN(C)CCCNC(=O)[C@@H]1[C@@H](CO)[C@@H]2Cn3c(ccc(C4=CCCCC4)c3=O)[C@H]1N2Cc1cocn1. The van der Waals surface area contributed by atoms with Crippen molar-refractivity contribution in [3.8, 4) is 0 Å². The molecule has 1 aliphatic carbocycles. The fraction of sp³-hybridized carbons (Fsp3) is 0.593. The summed E-state index contributed by atoms with van der Waals surface area (Å²) in [7, 11) is 4.02. The van der Waals surface area contributed by atoms with Gasteiger partial charge in [-0.3, -0.25) is 14.5 Å². The molecule has 1 fully saturated rings. The van der Waals surface area contributed by atoms with Gasteiger partial charge in [0.05, 0.1) is 17.7 Å². The second-order valence-corrected chi connectivity index (χ2v) is 10.5. The van der Waals surface area contributed by atoms with Crippen molar-refractivity contribution >= 4 is 11.5 Å². The van der Waals surface area contributed by atoms with Gasteiger partial charge >= 0.3 is 0 Å². The van der Waals surface area contributed by atoms with E-state index in [0.717, 1.165) is 54.8 Å². The number of hydrogen-bond acceptors (Lipinski definition) is 7. The highest BCUT2D eigenvalue weighted by molar-refractivity contribution is 5.80. The van der Waals surface area contributed by atoms with Crippen LogP contribution in [0.1, 0.15) is 55.1 Å². The quantitative estimate of drug-likeness (QED) is 0.513. The Kier molecular flexibility index (Phi) is 7.41. The van der Waals surface area contributed by atoms with E-state index in [4.69, 9.17) is 4.42 Å². The van der Waals surface area contributed by atoms with Crippen molar-refractivity contribution in [1.82, 2.24) is 24.7 Å². The van der Waals surface area contributed by atoms with Gasteiger partial charge in [-0.05, 0) is 70.5 Å². The Bertz CT molecular complexity index is 1160. The highest BCUT2D eigenvalue weighted by atomic mass is 16.3. The summed E-state index contributed by atoms with van der Waals surface area (Å²) in [6, 6.07) is 3.48. The lowest BCUT2D eigenvalue weighted by Gasteiger charge is -2.38. The van der Waals surface area contributed by atoms with Gasteiger partial charge in [0, 0.05) is 49.5 Å². The third-order valence-electron chi connectivity index (χ3n) is 8.02. The molecule has 9 heteroatoms. The first kappa shape index (κ1) is 24.9. The number of rotatable bonds is 9. The molecule has 0 unspecified atom stereocenters. The number of aromatic nitrogens is 2. The Morgan fingerprint density at radius 1 is 1.31 bits per heavy atom. The molecule has 0 aromatic carbocycles. The number of aliphatic hydroxyl groups is 1. The monoisotopic (exact) mass is 495 g/mol. The Balaban J connectivity index is 1.50. The normalized spacial score (nSPS) is 25.6. The number of carbonyl (C=O) groups excluding carboxylic acids is 1. The number of allylic oxidation sites excluding steroid dienone is 2. The molecule has 5 rings (SSSR count). The van der Waals surface area contributed by atoms with Crippen LogP contribution in [-0.4, -0.2) is 70.2 Å². The van der Waals surface area contributed by atoms with Gasteiger partial charge in [-0.15, -0.1) is 0 Å². The molecule has 2 aromatic rings. The van der Waals surface area contributed by atoms with Crippen molar-refractivity contribution in [1.29, 1.82) is 0 Å². The minimum Gasteiger partial charge on any atom is -0.451 e. The maximum atomic E-state index is 13.7. The lowest BCUT2D eigenvalue weighted by Crippen LogP contribution is -2.46. The molecule has 1 saturated heterocycles. The van der Waals surface area contributed by atoms with Crippen LogP contribution in [0.15, 0.2) is 40.1 Å². The van der Waals surface area contributed by atoms with E-state index in [2.05, 4.69) is 26.2 Å². The zero-order valence-corrected chi connectivity index (χ0v) is 21.2. The molecule has 0 radical (unpaired) electrons. The van der Waals surface area contributed by atoms with E-state index in [-0.39, 0.29) is 36.1 Å². The molecule has 1 amide bonds. The predicted molar refractivity (Wildman–Crippen MR) is 136 cm³/mol. The molecule has 2 bridgehead atoms. The van der Waals surface area contributed by atoms with Crippen LogP contribution in [0, 0.1) is 11.8 Å². The maximum absolute atomic E-state index is 13.7. The number of hydrogen-bond donors (Lipinski definition) is 2. The van der Waals surface area contributed by atoms with Crippen LogP contribution in [-0.2, 0) is 17.9 Å². The summed E-state index contributed by atoms with van der Waals surface area (Å²) in [4.78, 5) is 35.9. The molecular formula is C27H37N5O4. The van der Waals surface area contributed by atoms with Crippen LogP contribution in [0.2, 0.25) is 0 Å². The average molecular weight is 496 g/mol. The summed E-state index contributed by atoms with van der Waals surface area (Å²) < 4.78 is 7.06. The zero-order chi connectivity index (χ0) is 25.2. The molecule has 2 N–H and O–H groups in total. The number of nitrogens with zero attached hydrogens (tertiary/aromatic N) is 4. The second kappa shape index (κ2) is 10.7. The van der Waals surface area contributed by atoms with Gasteiger partial charge in [0.25, 0.3) is 5.56 Å². The second-order valence-electron chi connectivity index (χ2n) is 10.5. The molecule has 3 aliphatic rings. The minimum absolute atomic E-state index is 0.0143. The fourth-order valence-corrected chi connectivity index (χ4v) is 6.30. The van der Waals surface area contributed by atoms with Crippen molar-refractivity contribution < 1.29 is 14.3 Å². The van der Waals surface area contributed by atoms with Crippen molar-refractivity contribution in [3.05, 3.63) is 58.2 Å². The van der Waals surface area contributed by atoms with Gasteiger partial charge < -0.3 is 24.3 Å². The predicted octanol–water partition coefficient (Wildman–Crippen LogP) is 2.03. The van der Waals surface area contributed by atoms with Crippen LogP contribution in [0.5, 0.6) is 0 Å². The average Bonchev–Trinajstić information content (AvgIpc) is 3.46. The first-order chi connectivity index (χ1) is 17.5. The van der Waals surface area contributed by atoms with Crippen molar-refractivity contribution in [2.24, 2.45) is 11.8 Å². The summed E-state index contributed by atoms with van der Waals surface area (Å²) in [6.45, 7) is 2.28. The summed E-state index contributed by atoms with van der Waals surface area (Å²) in [5.41, 5.74) is 3.53. The molecule has 194 valence electrons. The Morgan fingerprint density at radius 2 is 2.17 bits per heavy atom. The van der Waals surface area contributed by atoms with E-state index < -0.39 is 5.92 Å². The van der Waals surface area contributed by atoms with Gasteiger partial charge in [-0.1, -0.05) is 6.08 Å². The molecule has 2 aliphatic heterocycles. The highest BCUT2D eigenvalue weighted by Crippen LogP contribution is 2.49. The van der Waals surface area contributed by atoms with Gasteiger partial charge in [0.2, 0.25) is 5.91 Å². The largest absolute Gasteiger partial charge is 0.451 e. The number of oxazole rings is 1. The van der Waals surface area contributed by atoms with E-state index >= 15 is 0 Å². The summed E-state index contributed by atoms with van der Waals surface area (Å²) in [5.74, 6) is -0.808. The van der Waals surface area contributed by atoms with E-state index in [1.807, 2.05) is 30.8 Å². The molecule has 0 spiro atoms. The Labute approximate surface area is 211 Å². The first-order valence-electron chi connectivity index (χ1n) is 13.1. The van der Waals surface area contributed by atoms with Gasteiger partial charge in [-0.25, -0.2) is 4.98 Å². The van der Waals surface area contributed by atoms with Crippen LogP contribution < -0.4 is 10.9 Å². The van der Waals surface area contributed by atoms with Crippen LogP contribution in [0.3, 0.4) is 0 Å². The number of pyridine rings is 1. The number of amides is 1. The fourth-order valence-electron chi connectivity index (χ4n) is 6.30. The van der Waals surface area contributed by atoms with Crippen molar-refractivity contribution in [2.45, 2.75) is 57.3 Å². The first-order valence-corrected chi connectivity index (χ1v) is 13.1. The van der Waals surface area contributed by atoms with Gasteiger partial charge in [0.1, 0.15) is 6.26 Å². The number of carbonyl (C=O) groups is 1. The molecule has 4 heterocycles. The summed E-state index contributed by atoms with van der Waals surface area (Å²) >= 11 is 0. The lowest BCUT2D eigenvalue weighted by atomic mass is 9.86. The van der Waals surface area contributed by atoms with E-state index in [1.54, 1.807) is 6.26 Å². The van der Waals surface area contributed by atoms with Gasteiger partial charge in [-0.2, -0.15) is 0 Å². The van der Waals surface area contributed by atoms with Crippen LogP contribution >= 0.6 is 0 Å². The standard InChI is InChI=1S/C27H37N5O4/c1-30(2)12-6-11-28-26(34)24-21(15-33)23-14-32-22(25(24)31(23)13-19-16-36-17-29-19)10-9-20(27(32)35)18-7-4-3-5-8-18/h7,9-10,16-17,21,23-25,33H,3-6,8,11-15H2,1-2H3,(H,28,34)/t21-,23-,24+,25+/m0/s1. The Morgan fingerprint density at radius 3 is 2.86 bits per heavy atom. The molecule has 36 heavy (non-hydrogen) atoms.